The number of carbonyl (C=O) groups excluding carboxylic acids is 2. The summed E-state index contributed by atoms with van der Waals surface area (Å²) < 4.78 is 36.6. The van der Waals surface area contributed by atoms with Gasteiger partial charge < -0.3 is 10.2 Å². The van der Waals surface area contributed by atoms with Crippen LogP contribution in [0.2, 0.25) is 0 Å². The Morgan fingerprint density at radius 2 is 1.79 bits per heavy atom. The fourth-order valence-electron chi connectivity index (χ4n) is 2.59. The van der Waals surface area contributed by atoms with Crippen LogP contribution in [0.15, 0.2) is 30.3 Å². The van der Waals surface area contributed by atoms with Crippen molar-refractivity contribution in [1.29, 1.82) is 0 Å². The molecule has 0 spiro atoms. The Kier molecular flexibility index (Phi) is 6.53. The molecule has 4 nitrogen and oxygen atoms in total. The van der Waals surface area contributed by atoms with E-state index in [0.717, 1.165) is 18.4 Å². The zero-order valence-electron chi connectivity index (χ0n) is 13.0. The number of nitrogens with one attached hydrogen (secondary N) is 1. The topological polar surface area (TPSA) is 49.4 Å². The molecule has 0 aliphatic carbocycles. The third-order valence-electron chi connectivity index (χ3n) is 3.70. The van der Waals surface area contributed by atoms with Crippen LogP contribution in [0.5, 0.6) is 0 Å². The molecule has 2 rings (SSSR count). The number of halogens is 3. The van der Waals surface area contributed by atoms with Crippen molar-refractivity contribution in [2.45, 2.75) is 30.8 Å². The molecule has 1 aliphatic heterocycles. The minimum atomic E-state index is -4.47. The second-order valence-corrected chi connectivity index (χ2v) is 6.62. The van der Waals surface area contributed by atoms with Crippen LogP contribution in [0.1, 0.15) is 18.4 Å². The molecule has 1 N–H and O–H groups in total. The lowest BCUT2D eigenvalue weighted by Gasteiger charge is -2.24. The van der Waals surface area contributed by atoms with Gasteiger partial charge in [-0.25, -0.2) is 0 Å². The summed E-state index contributed by atoms with van der Waals surface area (Å²) in [6, 6.07) is 8.26. The van der Waals surface area contributed by atoms with E-state index >= 15 is 0 Å². The number of likely N-dealkylation sites (tertiary alicyclic amines) is 1. The Morgan fingerprint density at radius 1 is 1.17 bits per heavy atom. The number of thioether (sulfide) groups is 1. The zero-order chi connectivity index (χ0) is 17.6. The summed E-state index contributed by atoms with van der Waals surface area (Å²) in [7, 11) is 0. The van der Waals surface area contributed by atoms with Crippen LogP contribution < -0.4 is 5.32 Å². The molecule has 0 saturated carbocycles. The van der Waals surface area contributed by atoms with Crippen molar-refractivity contribution in [3.8, 4) is 0 Å². The highest BCUT2D eigenvalue weighted by molar-refractivity contribution is 8.00. The van der Waals surface area contributed by atoms with Crippen molar-refractivity contribution >= 4 is 23.6 Å². The molecule has 1 fully saturated rings. The van der Waals surface area contributed by atoms with E-state index in [1.165, 1.54) is 0 Å². The van der Waals surface area contributed by atoms with Crippen molar-refractivity contribution < 1.29 is 22.8 Å². The lowest BCUT2D eigenvalue weighted by molar-refractivity contribution is -0.135. The van der Waals surface area contributed by atoms with Crippen molar-refractivity contribution in [2.24, 2.45) is 0 Å². The van der Waals surface area contributed by atoms with E-state index in [-0.39, 0.29) is 12.3 Å². The van der Waals surface area contributed by atoms with Gasteiger partial charge in [-0.2, -0.15) is 13.2 Å². The minimum Gasteiger partial charge on any atom is -0.343 e. The molecule has 2 amide bonds. The van der Waals surface area contributed by atoms with Crippen LogP contribution in [0, 0.1) is 0 Å². The highest BCUT2D eigenvalue weighted by Gasteiger charge is 2.31. The van der Waals surface area contributed by atoms with E-state index in [2.05, 4.69) is 5.32 Å². The summed E-state index contributed by atoms with van der Waals surface area (Å²) in [4.78, 5) is 26.0. The number of nitrogens with zero attached hydrogens (tertiary/aromatic N) is 1. The summed E-state index contributed by atoms with van der Waals surface area (Å²) >= 11 is -0.403. The predicted molar refractivity (Wildman–Crippen MR) is 86.4 cm³/mol. The number of hydrogen-bond acceptors (Lipinski definition) is 3. The fourth-order valence-corrected chi connectivity index (χ4v) is 2.97. The van der Waals surface area contributed by atoms with Gasteiger partial charge in [-0.3, -0.25) is 9.59 Å². The number of carbonyl (C=O) groups is 2. The zero-order valence-corrected chi connectivity index (χ0v) is 13.8. The van der Waals surface area contributed by atoms with E-state index in [0.29, 0.717) is 13.1 Å². The molecule has 1 aliphatic rings. The number of rotatable bonds is 6. The maximum atomic E-state index is 12.6. The second-order valence-electron chi connectivity index (χ2n) is 5.58. The summed E-state index contributed by atoms with van der Waals surface area (Å²) in [6.45, 7) is 1.24. The van der Waals surface area contributed by atoms with Crippen molar-refractivity contribution in [2.75, 3.05) is 18.8 Å². The SMILES string of the molecule is O=C(CSC(F)(F)F)NC(Cc1ccccc1)C(=O)N1CCCC1. The maximum absolute atomic E-state index is 12.6. The molecule has 1 saturated heterocycles. The van der Waals surface area contributed by atoms with Gasteiger partial charge in [0.15, 0.2) is 0 Å². The van der Waals surface area contributed by atoms with Crippen molar-refractivity contribution in [3.63, 3.8) is 0 Å². The summed E-state index contributed by atoms with van der Waals surface area (Å²) in [5.74, 6) is -1.77. The van der Waals surface area contributed by atoms with E-state index in [4.69, 9.17) is 0 Å². The van der Waals surface area contributed by atoms with Gasteiger partial charge in [0.2, 0.25) is 11.8 Å². The molecule has 0 bridgehead atoms. The summed E-state index contributed by atoms with van der Waals surface area (Å²) in [5, 5.41) is 2.46. The summed E-state index contributed by atoms with van der Waals surface area (Å²) in [5.41, 5.74) is -3.62. The molecule has 8 heteroatoms. The van der Waals surface area contributed by atoms with Crippen LogP contribution in [0.4, 0.5) is 13.2 Å². The molecule has 1 aromatic carbocycles. The van der Waals surface area contributed by atoms with Gasteiger partial charge in [-0.1, -0.05) is 30.3 Å². The lowest BCUT2D eigenvalue weighted by Crippen LogP contribution is -2.49. The van der Waals surface area contributed by atoms with E-state index in [1.807, 2.05) is 30.3 Å². The Hall–Kier alpha value is -1.70. The Bertz CT molecular complexity index is 560. The van der Waals surface area contributed by atoms with E-state index in [9.17, 15) is 22.8 Å². The van der Waals surface area contributed by atoms with Crippen molar-refractivity contribution in [3.05, 3.63) is 35.9 Å². The first-order valence-corrected chi connectivity index (χ1v) is 8.66. The number of amides is 2. The van der Waals surface area contributed by atoms with Gasteiger partial charge >= 0.3 is 5.51 Å². The second kappa shape index (κ2) is 8.41. The Labute approximate surface area is 142 Å². The standard InChI is InChI=1S/C16H19F3N2O2S/c17-16(18,19)24-11-14(22)20-13(10-12-6-2-1-3-7-12)15(23)21-8-4-5-9-21/h1-3,6-7,13H,4-5,8-11H2,(H,20,22). The monoisotopic (exact) mass is 360 g/mol. The molecule has 24 heavy (non-hydrogen) atoms. The molecule has 1 aromatic rings. The molecule has 0 aromatic heterocycles. The largest absolute Gasteiger partial charge is 0.442 e. The van der Waals surface area contributed by atoms with Crippen LogP contribution >= 0.6 is 11.8 Å². The third kappa shape index (κ3) is 6.07. The maximum Gasteiger partial charge on any atom is 0.442 e. The lowest BCUT2D eigenvalue weighted by atomic mass is 10.0. The molecule has 132 valence electrons. The first kappa shape index (κ1) is 18.6. The highest BCUT2D eigenvalue weighted by atomic mass is 32.2. The van der Waals surface area contributed by atoms with Crippen LogP contribution in [-0.4, -0.2) is 47.1 Å². The molecular formula is C16H19F3N2O2S. The quantitative estimate of drug-likeness (QED) is 0.848. The van der Waals surface area contributed by atoms with Crippen LogP contribution in [-0.2, 0) is 16.0 Å². The van der Waals surface area contributed by atoms with Gasteiger partial charge in [-0.15, -0.1) is 0 Å². The average Bonchev–Trinajstić information content (AvgIpc) is 3.06. The molecule has 1 unspecified atom stereocenters. The summed E-state index contributed by atoms with van der Waals surface area (Å²) in [6.07, 6.45) is 2.07. The normalized spacial score (nSPS) is 16.0. The van der Waals surface area contributed by atoms with Gasteiger partial charge in [-0.05, 0) is 30.2 Å². The minimum absolute atomic E-state index is 0.235. The van der Waals surface area contributed by atoms with Crippen molar-refractivity contribution in [1.82, 2.24) is 10.2 Å². The molecule has 1 atom stereocenters. The number of alkyl halides is 3. The van der Waals surface area contributed by atoms with Crippen LogP contribution in [0.25, 0.3) is 0 Å². The highest BCUT2D eigenvalue weighted by Crippen LogP contribution is 2.29. The Morgan fingerprint density at radius 3 is 2.38 bits per heavy atom. The third-order valence-corrected chi connectivity index (χ3v) is 4.43. The predicted octanol–water partition coefficient (Wildman–Crippen LogP) is 2.59. The average molecular weight is 360 g/mol. The van der Waals surface area contributed by atoms with Gasteiger partial charge in [0.1, 0.15) is 6.04 Å². The first-order valence-electron chi connectivity index (χ1n) is 7.68. The first-order chi connectivity index (χ1) is 11.3. The van der Waals surface area contributed by atoms with Gasteiger partial charge in [0, 0.05) is 19.5 Å². The van der Waals surface area contributed by atoms with Gasteiger partial charge in [0.25, 0.3) is 0 Å². The Balaban J connectivity index is 2.01. The molecule has 1 heterocycles. The number of benzene rings is 1. The van der Waals surface area contributed by atoms with E-state index in [1.54, 1.807) is 4.90 Å². The fraction of sp³-hybridized carbons (Fsp3) is 0.500. The smallest absolute Gasteiger partial charge is 0.343 e. The van der Waals surface area contributed by atoms with Crippen LogP contribution in [0.3, 0.4) is 0 Å². The molecular weight excluding hydrogens is 341 g/mol. The molecule has 0 radical (unpaired) electrons. The van der Waals surface area contributed by atoms with Gasteiger partial charge in [0.05, 0.1) is 5.75 Å². The number of hydrogen-bond donors (Lipinski definition) is 1. The van der Waals surface area contributed by atoms with E-state index < -0.39 is 35.0 Å².